The van der Waals surface area contributed by atoms with Crippen LogP contribution in [0.2, 0.25) is 0 Å². The number of anilines is 2. The van der Waals surface area contributed by atoms with E-state index in [2.05, 4.69) is 5.32 Å². The molecule has 1 aliphatic heterocycles. The first kappa shape index (κ1) is 20.2. The summed E-state index contributed by atoms with van der Waals surface area (Å²) in [5.41, 5.74) is 5.02. The smallest absolute Gasteiger partial charge is 0.255 e. The standard InChI is InChI=1S/C24H21FN2O2S/c1-15-5-3-8-21(16(15)2)27-22(28)14-30-24(27)17-9-11-20(12-10-17)26-23(29)18-6-4-7-19(25)13-18/h3-13,24H,14H2,1-2H3,(H,26,29)/t24-/m1/s1. The van der Waals surface area contributed by atoms with Crippen molar-refractivity contribution in [2.45, 2.75) is 19.2 Å². The molecule has 1 aliphatic rings. The van der Waals surface area contributed by atoms with Crippen LogP contribution in [0.4, 0.5) is 15.8 Å². The van der Waals surface area contributed by atoms with Gasteiger partial charge in [0.05, 0.1) is 5.75 Å². The van der Waals surface area contributed by atoms with Crippen molar-refractivity contribution in [1.29, 1.82) is 0 Å². The van der Waals surface area contributed by atoms with Gasteiger partial charge in [-0.3, -0.25) is 14.5 Å². The third kappa shape index (κ3) is 3.96. The highest BCUT2D eigenvalue weighted by Crippen LogP contribution is 2.43. The minimum atomic E-state index is -0.451. The molecule has 1 atom stereocenters. The van der Waals surface area contributed by atoms with Crippen molar-refractivity contribution in [2.75, 3.05) is 16.0 Å². The molecular weight excluding hydrogens is 399 g/mol. The lowest BCUT2D eigenvalue weighted by Crippen LogP contribution is -2.28. The number of carbonyl (C=O) groups excluding carboxylic acids is 2. The number of thioether (sulfide) groups is 1. The van der Waals surface area contributed by atoms with Crippen LogP contribution in [0.1, 0.15) is 32.4 Å². The highest BCUT2D eigenvalue weighted by atomic mass is 32.2. The number of amides is 2. The number of hydrogen-bond acceptors (Lipinski definition) is 3. The maximum absolute atomic E-state index is 13.3. The van der Waals surface area contributed by atoms with Gasteiger partial charge in [-0.1, -0.05) is 30.3 Å². The molecule has 30 heavy (non-hydrogen) atoms. The Morgan fingerprint density at radius 3 is 2.53 bits per heavy atom. The Balaban J connectivity index is 1.55. The van der Waals surface area contributed by atoms with Crippen molar-refractivity contribution in [2.24, 2.45) is 0 Å². The van der Waals surface area contributed by atoms with E-state index in [9.17, 15) is 14.0 Å². The van der Waals surface area contributed by atoms with Crippen LogP contribution in [0.5, 0.6) is 0 Å². The fourth-order valence-electron chi connectivity index (χ4n) is 3.49. The van der Waals surface area contributed by atoms with E-state index in [0.29, 0.717) is 11.4 Å². The van der Waals surface area contributed by atoms with Crippen molar-refractivity contribution in [3.05, 3.63) is 94.8 Å². The van der Waals surface area contributed by atoms with Gasteiger partial charge in [-0.25, -0.2) is 4.39 Å². The van der Waals surface area contributed by atoms with Crippen LogP contribution in [0.15, 0.2) is 66.7 Å². The molecule has 3 aromatic carbocycles. The van der Waals surface area contributed by atoms with Gasteiger partial charge in [0.25, 0.3) is 5.91 Å². The van der Waals surface area contributed by atoms with E-state index in [4.69, 9.17) is 0 Å². The van der Waals surface area contributed by atoms with Crippen LogP contribution in [0, 0.1) is 19.7 Å². The van der Waals surface area contributed by atoms with Gasteiger partial charge in [-0.15, -0.1) is 11.8 Å². The molecule has 3 aromatic rings. The highest BCUT2D eigenvalue weighted by Gasteiger charge is 2.34. The monoisotopic (exact) mass is 420 g/mol. The van der Waals surface area contributed by atoms with Gasteiger partial charge < -0.3 is 5.32 Å². The lowest BCUT2D eigenvalue weighted by Gasteiger charge is -2.26. The average molecular weight is 421 g/mol. The van der Waals surface area contributed by atoms with E-state index in [1.807, 2.05) is 49.1 Å². The van der Waals surface area contributed by atoms with Crippen LogP contribution in [0.3, 0.4) is 0 Å². The Morgan fingerprint density at radius 2 is 1.80 bits per heavy atom. The summed E-state index contributed by atoms with van der Waals surface area (Å²) in [5, 5.41) is 2.66. The maximum Gasteiger partial charge on any atom is 0.255 e. The second-order valence-electron chi connectivity index (χ2n) is 7.23. The molecule has 1 fully saturated rings. The van der Waals surface area contributed by atoms with Crippen molar-refractivity contribution in [1.82, 2.24) is 0 Å². The SMILES string of the molecule is Cc1cccc(N2C(=O)CS[C@@H]2c2ccc(NC(=O)c3cccc(F)c3)cc2)c1C. The molecular formula is C24H21FN2O2S. The molecule has 4 nitrogen and oxygen atoms in total. The molecule has 0 unspecified atom stereocenters. The summed E-state index contributed by atoms with van der Waals surface area (Å²) < 4.78 is 13.3. The van der Waals surface area contributed by atoms with E-state index < -0.39 is 5.82 Å². The molecule has 152 valence electrons. The summed E-state index contributed by atoms with van der Waals surface area (Å²) in [6, 6.07) is 19.0. The van der Waals surface area contributed by atoms with Crippen molar-refractivity contribution < 1.29 is 14.0 Å². The van der Waals surface area contributed by atoms with E-state index in [1.54, 1.807) is 30.0 Å². The van der Waals surface area contributed by atoms with E-state index >= 15 is 0 Å². The fraction of sp³-hybridized carbons (Fsp3) is 0.167. The zero-order valence-electron chi connectivity index (χ0n) is 16.7. The summed E-state index contributed by atoms with van der Waals surface area (Å²) in [7, 11) is 0. The second-order valence-corrected chi connectivity index (χ2v) is 8.30. The predicted octanol–water partition coefficient (Wildman–Crippen LogP) is 5.47. The van der Waals surface area contributed by atoms with E-state index in [1.165, 1.54) is 18.2 Å². The van der Waals surface area contributed by atoms with Crippen LogP contribution in [-0.2, 0) is 4.79 Å². The molecule has 1 saturated heterocycles. The molecule has 2 amide bonds. The number of nitrogens with zero attached hydrogens (tertiary/aromatic N) is 1. The quantitative estimate of drug-likeness (QED) is 0.609. The number of benzene rings is 3. The second kappa shape index (κ2) is 8.32. The summed E-state index contributed by atoms with van der Waals surface area (Å²) in [6.07, 6.45) is 0. The molecule has 0 aliphatic carbocycles. The molecule has 0 aromatic heterocycles. The number of aryl methyl sites for hydroxylation is 1. The molecule has 0 radical (unpaired) electrons. The average Bonchev–Trinajstić information content (AvgIpc) is 3.12. The van der Waals surface area contributed by atoms with Crippen LogP contribution >= 0.6 is 11.8 Å². The summed E-state index contributed by atoms with van der Waals surface area (Å²) in [5.74, 6) is -0.310. The summed E-state index contributed by atoms with van der Waals surface area (Å²) in [6.45, 7) is 4.07. The molecule has 6 heteroatoms. The van der Waals surface area contributed by atoms with Gasteiger partial charge in [0.2, 0.25) is 5.91 Å². The highest BCUT2D eigenvalue weighted by molar-refractivity contribution is 8.00. The predicted molar refractivity (Wildman–Crippen MR) is 119 cm³/mol. The van der Waals surface area contributed by atoms with Crippen LogP contribution in [0.25, 0.3) is 0 Å². The minimum Gasteiger partial charge on any atom is -0.322 e. The number of rotatable bonds is 4. The lowest BCUT2D eigenvalue weighted by molar-refractivity contribution is -0.115. The molecule has 1 N–H and O–H groups in total. The Kier molecular flexibility index (Phi) is 5.59. The van der Waals surface area contributed by atoms with Crippen molar-refractivity contribution >= 4 is 35.0 Å². The first-order chi connectivity index (χ1) is 14.4. The van der Waals surface area contributed by atoms with E-state index in [-0.39, 0.29) is 22.8 Å². The Hall–Kier alpha value is -3.12. The fourth-order valence-corrected chi connectivity index (χ4v) is 4.66. The molecule has 0 bridgehead atoms. The zero-order valence-corrected chi connectivity index (χ0v) is 17.5. The normalized spacial score (nSPS) is 16.0. The van der Waals surface area contributed by atoms with Crippen molar-refractivity contribution in [3.8, 4) is 0 Å². The Bertz CT molecular complexity index is 1110. The molecule has 1 heterocycles. The third-order valence-electron chi connectivity index (χ3n) is 5.24. The first-order valence-corrected chi connectivity index (χ1v) is 10.7. The number of nitrogens with one attached hydrogen (secondary N) is 1. The molecule has 0 spiro atoms. The molecule has 4 rings (SSSR count). The topological polar surface area (TPSA) is 49.4 Å². The summed E-state index contributed by atoms with van der Waals surface area (Å²) >= 11 is 1.59. The minimum absolute atomic E-state index is 0.0854. The first-order valence-electron chi connectivity index (χ1n) is 9.61. The lowest BCUT2D eigenvalue weighted by atomic mass is 10.1. The zero-order chi connectivity index (χ0) is 21.3. The van der Waals surface area contributed by atoms with Crippen LogP contribution < -0.4 is 10.2 Å². The van der Waals surface area contributed by atoms with Gasteiger partial charge in [-0.2, -0.15) is 0 Å². The van der Waals surface area contributed by atoms with Gasteiger partial charge in [-0.05, 0) is 66.9 Å². The largest absolute Gasteiger partial charge is 0.322 e. The van der Waals surface area contributed by atoms with Crippen LogP contribution in [-0.4, -0.2) is 17.6 Å². The molecule has 0 saturated carbocycles. The van der Waals surface area contributed by atoms with Gasteiger partial charge >= 0.3 is 0 Å². The van der Waals surface area contributed by atoms with Gasteiger partial charge in [0.15, 0.2) is 0 Å². The number of hydrogen-bond donors (Lipinski definition) is 1. The number of halogens is 1. The van der Waals surface area contributed by atoms with Gasteiger partial charge in [0, 0.05) is 16.9 Å². The Morgan fingerprint density at radius 1 is 1.07 bits per heavy atom. The van der Waals surface area contributed by atoms with Crippen molar-refractivity contribution in [3.63, 3.8) is 0 Å². The summed E-state index contributed by atoms with van der Waals surface area (Å²) in [4.78, 5) is 26.8. The Labute approximate surface area is 179 Å². The number of carbonyl (C=O) groups is 2. The van der Waals surface area contributed by atoms with E-state index in [0.717, 1.165) is 22.4 Å². The van der Waals surface area contributed by atoms with Gasteiger partial charge in [0.1, 0.15) is 11.2 Å². The third-order valence-corrected chi connectivity index (χ3v) is 6.46. The maximum atomic E-state index is 13.3.